The van der Waals surface area contributed by atoms with Crippen LogP contribution in [0, 0.1) is 0 Å². The maximum atomic E-state index is 11.7. The van der Waals surface area contributed by atoms with E-state index < -0.39 is 11.7 Å². The zero-order valence-electron chi connectivity index (χ0n) is 19.1. The number of piperidine rings is 1. The molecule has 1 saturated heterocycles. The van der Waals surface area contributed by atoms with Crippen LogP contribution in [0.3, 0.4) is 0 Å². The number of hydrogen-bond donors (Lipinski definition) is 1. The Morgan fingerprint density at radius 3 is 2.32 bits per heavy atom. The summed E-state index contributed by atoms with van der Waals surface area (Å²) in [5, 5.41) is 10.9. The van der Waals surface area contributed by atoms with Gasteiger partial charge in [-0.25, -0.2) is 4.79 Å². The quantitative estimate of drug-likeness (QED) is 0.499. The molecule has 6 heteroatoms. The summed E-state index contributed by atoms with van der Waals surface area (Å²) in [5.41, 5.74) is -0.490. The van der Waals surface area contributed by atoms with E-state index >= 15 is 0 Å². The van der Waals surface area contributed by atoms with Crippen molar-refractivity contribution in [3.8, 4) is 0 Å². The zero-order chi connectivity index (χ0) is 22.2. The number of aliphatic hydroxyl groups excluding tert-OH is 1. The summed E-state index contributed by atoms with van der Waals surface area (Å²) in [6.07, 6.45) is 10.8. The Morgan fingerprint density at radius 1 is 1.25 bits per heavy atom. The summed E-state index contributed by atoms with van der Waals surface area (Å²) >= 11 is 0. The van der Waals surface area contributed by atoms with E-state index in [-0.39, 0.29) is 12.2 Å². The lowest BCUT2D eigenvalue weighted by Gasteiger charge is -2.36. The Kier molecular flexibility index (Phi) is 17.4. The van der Waals surface area contributed by atoms with E-state index in [1.807, 2.05) is 60.6 Å². The van der Waals surface area contributed by atoms with Crippen LogP contribution in [0.1, 0.15) is 61.3 Å². The first-order valence-corrected chi connectivity index (χ1v) is 10.6. The summed E-state index contributed by atoms with van der Waals surface area (Å²) in [6.45, 7) is 14.4. The number of carbonyl (C=O) groups is 1. The molecule has 0 aromatic carbocycles. The monoisotopic (exact) mass is 415 g/mol. The summed E-state index contributed by atoms with van der Waals surface area (Å²) in [4.78, 5) is 13.3. The highest BCUT2D eigenvalue weighted by molar-refractivity contribution is 7.22. The second-order valence-corrected chi connectivity index (χ2v) is 7.82. The van der Waals surface area contributed by atoms with Gasteiger partial charge in [0.25, 0.3) is 0 Å². The molecule has 5 nitrogen and oxygen atoms in total. The van der Waals surface area contributed by atoms with E-state index in [0.717, 1.165) is 6.42 Å². The molecule has 3 unspecified atom stereocenters. The van der Waals surface area contributed by atoms with Gasteiger partial charge < -0.3 is 19.5 Å². The smallest absolute Gasteiger partial charge is 0.410 e. The number of ether oxygens (including phenoxy) is 2. The van der Waals surface area contributed by atoms with Crippen molar-refractivity contribution < 1.29 is 19.4 Å². The third-order valence-corrected chi connectivity index (χ3v) is 4.21. The largest absolute Gasteiger partial charge is 0.444 e. The average molecular weight is 416 g/mol. The van der Waals surface area contributed by atoms with E-state index in [1.54, 1.807) is 4.90 Å². The second kappa shape index (κ2) is 16.8. The van der Waals surface area contributed by atoms with Gasteiger partial charge in [-0.15, -0.1) is 9.24 Å². The number of methoxy groups -OCH3 is 1. The Hall–Kier alpha value is -1.16. The van der Waals surface area contributed by atoms with Crippen molar-refractivity contribution in [3.05, 3.63) is 35.7 Å². The summed E-state index contributed by atoms with van der Waals surface area (Å²) in [7, 11) is 4.24. The van der Waals surface area contributed by atoms with Gasteiger partial charge in [-0.2, -0.15) is 0 Å². The Labute approximate surface area is 175 Å². The lowest BCUT2D eigenvalue weighted by atomic mass is 10.1. The lowest BCUT2D eigenvalue weighted by Crippen LogP contribution is -2.50. The zero-order valence-corrected chi connectivity index (χ0v) is 20.2. The number of likely N-dealkylation sites (tertiary alicyclic amines) is 1. The van der Waals surface area contributed by atoms with Crippen LogP contribution in [0.2, 0.25) is 0 Å². The molecule has 0 saturated carbocycles. The maximum Gasteiger partial charge on any atom is 0.410 e. The first-order valence-electron chi connectivity index (χ1n) is 10.0. The molecule has 1 rings (SSSR count). The van der Waals surface area contributed by atoms with Crippen molar-refractivity contribution in [3.63, 3.8) is 0 Å². The SMILES string of the molecule is C/C=C\C=CC/C(P)=C\C.CC.COC1CN(C(=O)OC(C)(C)C)CCC1O. The molecule has 28 heavy (non-hydrogen) atoms. The van der Waals surface area contributed by atoms with Crippen LogP contribution in [0.15, 0.2) is 35.7 Å². The minimum atomic E-state index is -0.497. The molecule has 1 aliphatic rings. The van der Waals surface area contributed by atoms with Gasteiger partial charge in [0.15, 0.2) is 0 Å². The van der Waals surface area contributed by atoms with Crippen LogP contribution >= 0.6 is 9.24 Å². The van der Waals surface area contributed by atoms with Gasteiger partial charge in [0.2, 0.25) is 0 Å². The summed E-state index contributed by atoms with van der Waals surface area (Å²) in [5.74, 6) is 0. The first kappa shape index (κ1) is 29.0. The van der Waals surface area contributed by atoms with E-state index in [1.165, 1.54) is 12.4 Å². The van der Waals surface area contributed by atoms with Crippen molar-refractivity contribution in [2.24, 2.45) is 0 Å². The van der Waals surface area contributed by atoms with Gasteiger partial charge in [0.1, 0.15) is 11.7 Å². The molecule has 1 aliphatic heterocycles. The van der Waals surface area contributed by atoms with Gasteiger partial charge in [-0.05, 0) is 47.5 Å². The molecule has 0 radical (unpaired) electrons. The molecule has 1 fully saturated rings. The molecule has 3 atom stereocenters. The summed E-state index contributed by atoms with van der Waals surface area (Å²) < 4.78 is 10.4. The number of aliphatic hydroxyl groups is 1. The molecule has 164 valence electrons. The Balaban J connectivity index is 0. The van der Waals surface area contributed by atoms with Gasteiger partial charge in [0.05, 0.1) is 12.6 Å². The van der Waals surface area contributed by atoms with E-state index in [2.05, 4.69) is 27.5 Å². The van der Waals surface area contributed by atoms with Gasteiger partial charge in [0, 0.05) is 13.7 Å². The van der Waals surface area contributed by atoms with Crippen molar-refractivity contribution in [1.82, 2.24) is 4.90 Å². The normalized spacial score (nSPS) is 20.4. The van der Waals surface area contributed by atoms with E-state index in [0.29, 0.717) is 19.5 Å². The highest BCUT2D eigenvalue weighted by atomic mass is 31.0. The summed E-state index contributed by atoms with van der Waals surface area (Å²) in [6, 6.07) is 0. The molecule has 0 bridgehead atoms. The third kappa shape index (κ3) is 14.8. The standard InChI is InChI=1S/C11H21NO4.C9H15P.C2H6/c1-11(2,3)16-10(14)12-6-5-8(13)9(7-12)15-4;1-3-5-6-7-8-9(10)4-2;1-2/h8-9,13H,5-7H2,1-4H3;3-7H,8,10H2,1-2H3;1-2H3/b;5-3-,7-6?,9-4+;. The molecule has 0 aromatic rings. The molecule has 1 amide bonds. The van der Waals surface area contributed by atoms with Gasteiger partial charge in [-0.1, -0.05) is 49.5 Å². The Bertz CT molecular complexity index is 495. The highest BCUT2D eigenvalue weighted by Crippen LogP contribution is 2.17. The van der Waals surface area contributed by atoms with Crippen LogP contribution in [0.5, 0.6) is 0 Å². The predicted octanol–water partition coefficient (Wildman–Crippen LogP) is 5.32. The molecule has 0 aromatic heterocycles. The fourth-order valence-corrected chi connectivity index (χ4v) is 2.28. The van der Waals surface area contributed by atoms with E-state index in [9.17, 15) is 9.90 Å². The van der Waals surface area contributed by atoms with Crippen molar-refractivity contribution >= 4 is 15.3 Å². The Morgan fingerprint density at radius 2 is 1.86 bits per heavy atom. The predicted molar refractivity (Wildman–Crippen MR) is 123 cm³/mol. The molecule has 0 aliphatic carbocycles. The number of nitrogens with zero attached hydrogens (tertiary/aromatic N) is 1. The highest BCUT2D eigenvalue weighted by Gasteiger charge is 2.32. The molecular formula is C22H42NO4P. The fourth-order valence-electron chi connectivity index (χ4n) is 2.14. The molecule has 0 spiro atoms. The average Bonchev–Trinajstić information content (AvgIpc) is 2.66. The second-order valence-electron chi connectivity index (χ2n) is 7.08. The third-order valence-electron chi connectivity index (χ3n) is 3.64. The number of allylic oxidation sites excluding steroid dienone is 6. The topological polar surface area (TPSA) is 59.0 Å². The molecule has 1 heterocycles. The minimum absolute atomic E-state index is 0.318. The van der Waals surface area contributed by atoms with Crippen LogP contribution in [0.4, 0.5) is 4.79 Å². The fraction of sp³-hybridized carbons (Fsp3) is 0.682. The van der Waals surface area contributed by atoms with Gasteiger partial charge in [-0.3, -0.25) is 0 Å². The number of amides is 1. The van der Waals surface area contributed by atoms with Crippen LogP contribution in [-0.2, 0) is 9.47 Å². The number of hydrogen-bond acceptors (Lipinski definition) is 4. The van der Waals surface area contributed by atoms with Crippen LogP contribution < -0.4 is 0 Å². The minimum Gasteiger partial charge on any atom is -0.444 e. The van der Waals surface area contributed by atoms with Crippen molar-refractivity contribution in [1.29, 1.82) is 0 Å². The van der Waals surface area contributed by atoms with Crippen LogP contribution in [-0.4, -0.2) is 54.1 Å². The first-order chi connectivity index (χ1) is 13.1. The molecular weight excluding hydrogens is 373 g/mol. The van der Waals surface area contributed by atoms with Crippen LogP contribution in [0.25, 0.3) is 0 Å². The molecule has 1 N–H and O–H groups in total. The van der Waals surface area contributed by atoms with Crippen molar-refractivity contribution in [2.75, 3.05) is 20.2 Å². The maximum absolute atomic E-state index is 11.7. The van der Waals surface area contributed by atoms with E-state index in [4.69, 9.17) is 9.47 Å². The number of carbonyl (C=O) groups excluding carboxylic acids is 1. The van der Waals surface area contributed by atoms with Gasteiger partial charge >= 0.3 is 6.09 Å². The van der Waals surface area contributed by atoms with Crippen molar-refractivity contribution in [2.45, 2.75) is 79.1 Å². The lowest BCUT2D eigenvalue weighted by molar-refractivity contribution is -0.0646. The number of rotatable bonds is 4.